The normalized spacial score (nSPS) is 10.4. The van der Waals surface area contributed by atoms with Gasteiger partial charge in [0.25, 0.3) is 5.56 Å². The van der Waals surface area contributed by atoms with E-state index in [1.165, 1.54) is 4.57 Å². The van der Waals surface area contributed by atoms with Gasteiger partial charge in [0.15, 0.2) is 5.75 Å². The summed E-state index contributed by atoms with van der Waals surface area (Å²) in [6.07, 6.45) is 1.58. The first-order chi connectivity index (χ1) is 12.5. The molecule has 0 fully saturated rings. The van der Waals surface area contributed by atoms with Crippen molar-refractivity contribution in [2.75, 3.05) is 5.32 Å². The van der Waals surface area contributed by atoms with Gasteiger partial charge < -0.3 is 14.6 Å². The van der Waals surface area contributed by atoms with Crippen molar-refractivity contribution in [3.8, 4) is 11.5 Å². The zero-order valence-corrected chi connectivity index (χ0v) is 14.9. The predicted octanol–water partition coefficient (Wildman–Crippen LogP) is 4.24. The molecule has 26 heavy (non-hydrogen) atoms. The summed E-state index contributed by atoms with van der Waals surface area (Å²) in [6, 6.07) is 17.6. The number of nitrogens with one attached hydrogen (secondary N) is 1. The number of para-hydroxylation sites is 1. The molecule has 3 rings (SSSR count). The third-order valence-electron chi connectivity index (χ3n) is 3.71. The summed E-state index contributed by atoms with van der Waals surface area (Å²) in [5.41, 5.74) is 0.817. The quantitative estimate of drug-likeness (QED) is 0.732. The van der Waals surface area contributed by atoms with E-state index < -0.39 is 0 Å². The molecule has 5 nitrogen and oxygen atoms in total. The smallest absolute Gasteiger partial charge is 0.253 e. The number of pyridine rings is 1. The lowest BCUT2D eigenvalue weighted by atomic mass is 10.2. The number of aromatic nitrogens is 1. The molecule has 1 heterocycles. The molecule has 1 N–H and O–H groups in total. The van der Waals surface area contributed by atoms with Gasteiger partial charge in [-0.2, -0.15) is 0 Å². The van der Waals surface area contributed by atoms with E-state index in [1.54, 1.807) is 43.5 Å². The second-order valence-electron chi connectivity index (χ2n) is 5.73. The second-order valence-corrected chi connectivity index (χ2v) is 6.16. The van der Waals surface area contributed by atoms with Crippen LogP contribution < -0.4 is 15.6 Å². The third-order valence-corrected chi connectivity index (χ3v) is 3.95. The van der Waals surface area contributed by atoms with Crippen molar-refractivity contribution in [1.29, 1.82) is 0 Å². The maximum atomic E-state index is 12.4. The zero-order valence-electron chi connectivity index (χ0n) is 14.1. The SMILES string of the molecule is Cc1cccn(CC(=O)Nc2cc(Cl)ccc2Oc2ccccc2)c1=O. The van der Waals surface area contributed by atoms with Crippen molar-refractivity contribution in [2.45, 2.75) is 13.5 Å². The summed E-state index contributed by atoms with van der Waals surface area (Å²) in [7, 11) is 0. The Morgan fingerprint density at radius 2 is 1.88 bits per heavy atom. The van der Waals surface area contributed by atoms with Gasteiger partial charge in [0.1, 0.15) is 12.3 Å². The van der Waals surface area contributed by atoms with Crippen molar-refractivity contribution in [1.82, 2.24) is 4.57 Å². The number of carbonyl (C=O) groups excluding carboxylic acids is 1. The second kappa shape index (κ2) is 7.89. The van der Waals surface area contributed by atoms with E-state index in [-0.39, 0.29) is 18.0 Å². The summed E-state index contributed by atoms with van der Waals surface area (Å²) in [5, 5.41) is 3.22. The highest BCUT2D eigenvalue weighted by Crippen LogP contribution is 2.32. The van der Waals surface area contributed by atoms with E-state index >= 15 is 0 Å². The van der Waals surface area contributed by atoms with E-state index in [0.717, 1.165) is 0 Å². The van der Waals surface area contributed by atoms with Gasteiger partial charge >= 0.3 is 0 Å². The van der Waals surface area contributed by atoms with Gasteiger partial charge in [0.2, 0.25) is 5.91 Å². The Balaban J connectivity index is 1.80. The Morgan fingerprint density at radius 1 is 1.12 bits per heavy atom. The number of ether oxygens (including phenoxy) is 1. The fraction of sp³-hybridized carbons (Fsp3) is 0.100. The Labute approximate surface area is 155 Å². The minimum Gasteiger partial charge on any atom is -0.455 e. The van der Waals surface area contributed by atoms with Crippen molar-refractivity contribution >= 4 is 23.2 Å². The monoisotopic (exact) mass is 368 g/mol. The molecule has 2 aromatic carbocycles. The average Bonchev–Trinajstić information content (AvgIpc) is 2.62. The van der Waals surface area contributed by atoms with Crippen LogP contribution in [-0.4, -0.2) is 10.5 Å². The van der Waals surface area contributed by atoms with Crippen molar-refractivity contribution in [3.05, 3.63) is 87.8 Å². The van der Waals surface area contributed by atoms with Crippen LogP contribution in [0.25, 0.3) is 0 Å². The lowest BCUT2D eigenvalue weighted by Gasteiger charge is -2.13. The molecule has 0 bridgehead atoms. The van der Waals surface area contributed by atoms with E-state index in [1.807, 2.05) is 30.3 Å². The zero-order chi connectivity index (χ0) is 18.5. The Morgan fingerprint density at radius 3 is 2.65 bits per heavy atom. The van der Waals surface area contributed by atoms with Gasteiger partial charge in [-0.25, -0.2) is 0 Å². The summed E-state index contributed by atoms with van der Waals surface area (Å²) in [4.78, 5) is 24.4. The molecule has 0 unspecified atom stereocenters. The summed E-state index contributed by atoms with van der Waals surface area (Å²) < 4.78 is 7.17. The topological polar surface area (TPSA) is 60.3 Å². The molecule has 0 spiro atoms. The van der Waals surface area contributed by atoms with Crippen molar-refractivity contribution in [3.63, 3.8) is 0 Å². The van der Waals surface area contributed by atoms with Crippen LogP contribution >= 0.6 is 11.6 Å². The van der Waals surface area contributed by atoms with E-state index in [9.17, 15) is 9.59 Å². The maximum absolute atomic E-state index is 12.4. The van der Waals surface area contributed by atoms with Gasteiger partial charge in [0.05, 0.1) is 5.69 Å². The van der Waals surface area contributed by atoms with Crippen molar-refractivity contribution in [2.24, 2.45) is 0 Å². The number of halogens is 1. The van der Waals surface area contributed by atoms with Crippen LogP contribution in [0.1, 0.15) is 5.56 Å². The van der Waals surface area contributed by atoms with Crippen LogP contribution in [0.5, 0.6) is 11.5 Å². The number of rotatable bonds is 5. The molecular weight excluding hydrogens is 352 g/mol. The molecule has 6 heteroatoms. The predicted molar refractivity (Wildman–Crippen MR) is 102 cm³/mol. The summed E-state index contributed by atoms with van der Waals surface area (Å²) in [6.45, 7) is 1.61. The van der Waals surface area contributed by atoms with Crippen LogP contribution in [0.4, 0.5) is 5.69 Å². The number of hydrogen-bond acceptors (Lipinski definition) is 3. The van der Waals surface area contributed by atoms with Crippen LogP contribution in [-0.2, 0) is 11.3 Å². The largest absolute Gasteiger partial charge is 0.455 e. The minimum atomic E-state index is -0.349. The molecule has 0 atom stereocenters. The molecule has 0 radical (unpaired) electrons. The Hall–Kier alpha value is -3.05. The van der Waals surface area contributed by atoms with E-state index in [2.05, 4.69) is 5.32 Å². The lowest BCUT2D eigenvalue weighted by Crippen LogP contribution is -2.28. The number of anilines is 1. The number of benzene rings is 2. The van der Waals surface area contributed by atoms with Crippen molar-refractivity contribution < 1.29 is 9.53 Å². The third kappa shape index (κ3) is 4.32. The molecule has 3 aromatic rings. The standard InChI is InChI=1S/C20H17ClN2O3/c1-14-6-5-11-23(20(14)25)13-19(24)22-17-12-15(21)9-10-18(17)26-16-7-3-2-4-8-16/h2-12H,13H2,1H3,(H,22,24). The van der Waals surface area contributed by atoms with E-state index in [0.29, 0.717) is 27.8 Å². The molecule has 1 amide bonds. The maximum Gasteiger partial charge on any atom is 0.253 e. The molecule has 0 aliphatic rings. The van der Waals surface area contributed by atoms with Gasteiger partial charge in [-0.15, -0.1) is 0 Å². The Kier molecular flexibility index (Phi) is 5.39. The van der Waals surface area contributed by atoms with Crippen LogP contribution in [0.2, 0.25) is 5.02 Å². The number of hydrogen-bond donors (Lipinski definition) is 1. The molecule has 0 aliphatic carbocycles. The highest BCUT2D eigenvalue weighted by atomic mass is 35.5. The summed E-state index contributed by atoms with van der Waals surface area (Å²) in [5.74, 6) is 0.753. The highest BCUT2D eigenvalue weighted by molar-refractivity contribution is 6.31. The van der Waals surface area contributed by atoms with Gasteiger partial charge in [-0.3, -0.25) is 9.59 Å². The number of carbonyl (C=O) groups is 1. The molecule has 1 aromatic heterocycles. The molecule has 132 valence electrons. The van der Waals surface area contributed by atoms with Crippen LogP contribution in [0.3, 0.4) is 0 Å². The number of nitrogens with zero attached hydrogens (tertiary/aromatic N) is 1. The first-order valence-electron chi connectivity index (χ1n) is 8.01. The van der Waals surface area contributed by atoms with Crippen LogP contribution in [0, 0.1) is 6.92 Å². The molecule has 0 saturated heterocycles. The average molecular weight is 369 g/mol. The number of aryl methyl sites for hydroxylation is 1. The molecular formula is C20H17ClN2O3. The van der Waals surface area contributed by atoms with Gasteiger partial charge in [-0.05, 0) is 43.3 Å². The fourth-order valence-electron chi connectivity index (χ4n) is 2.43. The Bertz CT molecular complexity index is 984. The van der Waals surface area contributed by atoms with E-state index in [4.69, 9.17) is 16.3 Å². The van der Waals surface area contributed by atoms with Gasteiger partial charge in [0, 0.05) is 16.8 Å². The fourth-order valence-corrected chi connectivity index (χ4v) is 2.60. The first kappa shape index (κ1) is 17.8. The lowest BCUT2D eigenvalue weighted by molar-refractivity contribution is -0.116. The summed E-state index contributed by atoms with van der Waals surface area (Å²) >= 11 is 6.05. The minimum absolute atomic E-state index is 0.0994. The molecule has 0 aliphatic heterocycles. The van der Waals surface area contributed by atoms with Crippen LogP contribution in [0.15, 0.2) is 71.7 Å². The molecule has 0 saturated carbocycles. The number of amides is 1. The van der Waals surface area contributed by atoms with Gasteiger partial charge in [-0.1, -0.05) is 35.9 Å². The highest BCUT2D eigenvalue weighted by Gasteiger charge is 2.11. The first-order valence-corrected chi connectivity index (χ1v) is 8.39.